The maximum atomic E-state index is 14.5. The Morgan fingerprint density at radius 3 is 0.635 bits per heavy atom. The highest BCUT2D eigenvalue weighted by Crippen LogP contribution is 2.44. The van der Waals surface area contributed by atoms with Gasteiger partial charge >= 0.3 is 23.9 Å². The number of hydrogen-bond acceptors (Lipinski definition) is 12. The summed E-state index contributed by atoms with van der Waals surface area (Å²) in [4.78, 5) is 57.1. The minimum absolute atomic E-state index is 0.0722. The molecule has 0 atom stereocenters. The Labute approximate surface area is 511 Å². The molecule has 0 radical (unpaired) electrons. The zero-order valence-electron chi connectivity index (χ0n) is 56.8. The summed E-state index contributed by atoms with van der Waals surface area (Å²) < 4.78 is 24.7. The van der Waals surface area contributed by atoms with Crippen molar-refractivity contribution < 1.29 is 58.6 Å². The van der Waals surface area contributed by atoms with E-state index in [0.29, 0.717) is 0 Å². The summed E-state index contributed by atoms with van der Waals surface area (Å²) in [6.07, 6.45) is -1.27. The fourth-order valence-electron chi connectivity index (χ4n) is 10.4. The topological polar surface area (TPSA) is 186 Å². The van der Waals surface area contributed by atoms with E-state index in [1.165, 1.54) is 0 Å². The van der Waals surface area contributed by atoms with Gasteiger partial charge in [0.25, 0.3) is 6.29 Å². The van der Waals surface area contributed by atoms with Gasteiger partial charge in [0, 0.05) is 25.7 Å². The number of esters is 4. The molecule has 4 aromatic carbocycles. The quantitative estimate of drug-likeness (QED) is 0.0396. The summed E-state index contributed by atoms with van der Waals surface area (Å²) in [5, 5.41) is 45.8. The summed E-state index contributed by atoms with van der Waals surface area (Å²) in [6, 6.07) is 15.3. The van der Waals surface area contributed by atoms with Crippen molar-refractivity contribution >= 4 is 23.9 Å². The maximum absolute atomic E-state index is 14.5. The van der Waals surface area contributed by atoms with Gasteiger partial charge in [0.2, 0.25) is 0 Å². The second-order valence-electron chi connectivity index (χ2n) is 32.4. The van der Waals surface area contributed by atoms with Crippen molar-refractivity contribution in [3.63, 3.8) is 0 Å². The minimum Gasteiger partial charge on any atom is -0.507 e. The van der Waals surface area contributed by atoms with Crippen molar-refractivity contribution in [3.05, 3.63) is 115 Å². The van der Waals surface area contributed by atoms with Crippen LogP contribution in [0.25, 0.3) is 0 Å². The number of rotatable bonds is 19. The standard InChI is InChI=1S/C73H108O12/c1-65(2,3)48-34-44(35-49(60(48)78)66(4,5)6)26-30-56(74)82-42-73(25,43-83-57(75)31-27-45-36-50(67(7,8)9)61(79)51(37-45)68(10,11)12)64(84-58(76)32-28-46-38-52(69(13,14)15)62(80)53(39-46)70(16,17)18)85-59(77)33-29-47-40-54(71(19,20)21)63(81)55(41-47)72(22,23)24/h34-41,64,78-81H,26-33,42-43H2,1-25H3. The van der Waals surface area contributed by atoms with E-state index in [1.807, 2.05) is 215 Å². The van der Waals surface area contributed by atoms with Gasteiger partial charge in [-0.2, -0.15) is 0 Å². The van der Waals surface area contributed by atoms with Gasteiger partial charge in [-0.25, -0.2) is 0 Å². The number of carbonyl (C=O) groups is 4. The third-order valence-electron chi connectivity index (χ3n) is 15.8. The first-order valence-corrected chi connectivity index (χ1v) is 30.5. The van der Waals surface area contributed by atoms with Gasteiger partial charge in [0.05, 0.1) is 0 Å². The fraction of sp³-hybridized carbons (Fsp3) is 0.616. The van der Waals surface area contributed by atoms with Crippen molar-refractivity contribution in [2.24, 2.45) is 5.41 Å². The number of benzene rings is 4. The SMILES string of the molecule is CC(C)(C)c1cc(CCC(=O)OCC(C)(COC(=O)CCc2cc(C(C)(C)C)c(O)c(C(C)(C)C)c2)C(OC(=O)CCc2cc(C(C)(C)C)c(O)c(C(C)(C)C)c2)OC(=O)CCc2cc(C(C)(C)C)c(O)c(C(C)(C)C)c2)cc(C(C)(C)C)c1O. The predicted octanol–water partition coefficient (Wildman–Crippen LogP) is 16.2. The molecule has 472 valence electrons. The molecular formula is C73H108O12. The zero-order chi connectivity index (χ0) is 65.2. The molecular weight excluding hydrogens is 1070 g/mol. The van der Waals surface area contributed by atoms with Crippen molar-refractivity contribution in [2.45, 2.75) is 274 Å². The van der Waals surface area contributed by atoms with Crippen molar-refractivity contribution in [1.82, 2.24) is 0 Å². The van der Waals surface area contributed by atoms with Crippen LogP contribution < -0.4 is 0 Å². The highest BCUT2D eigenvalue weighted by Gasteiger charge is 2.44. The van der Waals surface area contributed by atoms with Crippen LogP contribution in [0.5, 0.6) is 23.0 Å². The smallest absolute Gasteiger partial charge is 0.309 e. The van der Waals surface area contributed by atoms with Gasteiger partial charge in [0.1, 0.15) is 41.6 Å². The fourth-order valence-corrected chi connectivity index (χ4v) is 10.4. The number of phenolic OH excluding ortho intramolecular Hbond substituents is 4. The Morgan fingerprint density at radius 2 is 0.471 bits per heavy atom. The summed E-state index contributed by atoms with van der Waals surface area (Å²) >= 11 is 0. The molecule has 0 spiro atoms. The lowest BCUT2D eigenvalue weighted by Gasteiger charge is -2.35. The van der Waals surface area contributed by atoms with Crippen LogP contribution in [0.4, 0.5) is 0 Å². The largest absolute Gasteiger partial charge is 0.507 e. The number of aryl methyl sites for hydroxylation is 4. The van der Waals surface area contributed by atoms with E-state index in [2.05, 4.69) is 0 Å². The highest BCUT2D eigenvalue weighted by molar-refractivity contribution is 5.73. The summed E-state index contributed by atoms with van der Waals surface area (Å²) in [7, 11) is 0. The van der Waals surface area contributed by atoms with E-state index in [0.717, 1.165) is 66.8 Å². The lowest BCUT2D eigenvalue weighted by Crippen LogP contribution is -2.47. The van der Waals surface area contributed by atoms with Crippen LogP contribution in [-0.2, 0) is 107 Å². The molecule has 12 nitrogen and oxygen atoms in total. The molecule has 4 aromatic rings. The number of phenols is 4. The second-order valence-corrected chi connectivity index (χ2v) is 32.4. The van der Waals surface area contributed by atoms with E-state index in [4.69, 9.17) is 18.9 Å². The first kappa shape index (κ1) is 71.4. The van der Waals surface area contributed by atoms with E-state index in [-0.39, 0.29) is 74.4 Å². The molecule has 0 aliphatic rings. The van der Waals surface area contributed by atoms with E-state index in [1.54, 1.807) is 6.92 Å². The first-order chi connectivity index (χ1) is 38.3. The van der Waals surface area contributed by atoms with Crippen LogP contribution >= 0.6 is 0 Å². The van der Waals surface area contributed by atoms with Crippen LogP contribution in [0.15, 0.2) is 48.5 Å². The molecule has 0 saturated heterocycles. The van der Waals surface area contributed by atoms with Crippen LogP contribution in [0.3, 0.4) is 0 Å². The van der Waals surface area contributed by atoms with Gasteiger partial charge in [-0.15, -0.1) is 0 Å². The molecule has 0 aliphatic heterocycles. The molecule has 12 heteroatoms. The summed E-state index contributed by atoms with van der Waals surface area (Å²) in [5.41, 5.74) is 4.19. The monoisotopic (exact) mass is 1180 g/mol. The zero-order valence-corrected chi connectivity index (χ0v) is 56.8. The lowest BCUT2D eigenvalue weighted by atomic mass is 9.78. The number of hydrogen-bond donors (Lipinski definition) is 4. The summed E-state index contributed by atoms with van der Waals surface area (Å²) in [6.45, 7) is 49.0. The Morgan fingerprint density at radius 1 is 0.306 bits per heavy atom. The molecule has 0 aromatic heterocycles. The van der Waals surface area contributed by atoms with Crippen molar-refractivity contribution in [1.29, 1.82) is 0 Å². The number of aromatic hydroxyl groups is 4. The molecule has 0 fully saturated rings. The Kier molecular flexibility index (Phi) is 22.0. The molecule has 4 N–H and O–H groups in total. The number of carbonyl (C=O) groups excluding carboxylic acids is 4. The average molecular weight is 1180 g/mol. The van der Waals surface area contributed by atoms with Gasteiger partial charge < -0.3 is 39.4 Å². The van der Waals surface area contributed by atoms with Crippen LogP contribution in [0, 0.1) is 5.41 Å². The Bertz CT molecular complexity index is 2700. The molecule has 0 bridgehead atoms. The highest BCUT2D eigenvalue weighted by atomic mass is 16.7. The van der Waals surface area contributed by atoms with Crippen LogP contribution in [0.1, 0.15) is 266 Å². The van der Waals surface area contributed by atoms with Crippen LogP contribution in [-0.4, -0.2) is 63.8 Å². The van der Waals surface area contributed by atoms with Gasteiger partial charge in [-0.1, -0.05) is 215 Å². The normalized spacial score (nSPS) is 13.2. The van der Waals surface area contributed by atoms with Gasteiger partial charge in [0.15, 0.2) is 0 Å². The molecule has 85 heavy (non-hydrogen) atoms. The van der Waals surface area contributed by atoms with Crippen molar-refractivity contribution in [3.8, 4) is 23.0 Å². The first-order valence-electron chi connectivity index (χ1n) is 30.5. The Hall–Kier alpha value is -6.04. The third kappa shape index (κ3) is 19.5. The van der Waals surface area contributed by atoms with E-state index in [9.17, 15) is 39.6 Å². The van der Waals surface area contributed by atoms with Crippen LogP contribution in [0.2, 0.25) is 0 Å². The van der Waals surface area contributed by atoms with Gasteiger partial charge in [-0.3, -0.25) is 19.2 Å². The van der Waals surface area contributed by atoms with Gasteiger partial charge in [-0.05, 0) is 143 Å². The minimum atomic E-state index is -1.74. The maximum Gasteiger partial charge on any atom is 0.309 e. The molecule has 0 unspecified atom stereocenters. The van der Waals surface area contributed by atoms with E-state index >= 15 is 0 Å². The predicted molar refractivity (Wildman–Crippen MR) is 341 cm³/mol. The molecule has 0 aliphatic carbocycles. The average Bonchev–Trinajstić information content (AvgIpc) is 2.72. The molecule has 0 saturated carbocycles. The third-order valence-corrected chi connectivity index (χ3v) is 15.8. The summed E-state index contributed by atoms with van der Waals surface area (Å²) in [5.74, 6) is -1.84. The Balaban J connectivity index is 1.80. The molecule has 0 heterocycles. The van der Waals surface area contributed by atoms with Crippen molar-refractivity contribution in [2.75, 3.05) is 13.2 Å². The molecule has 0 amide bonds. The second kappa shape index (κ2) is 26.1. The number of ether oxygens (including phenoxy) is 4. The molecule has 4 rings (SSSR count). The lowest BCUT2D eigenvalue weighted by molar-refractivity contribution is -0.225. The van der Waals surface area contributed by atoms with E-state index < -0.39 is 92.1 Å².